The summed E-state index contributed by atoms with van der Waals surface area (Å²) in [6, 6.07) is 9.75. The third-order valence-electron chi connectivity index (χ3n) is 3.75. The van der Waals surface area contributed by atoms with Crippen LogP contribution in [0.25, 0.3) is 17.5 Å². The molecule has 0 aliphatic carbocycles. The molecule has 24 heavy (non-hydrogen) atoms. The number of hydrogen-bond donors (Lipinski definition) is 0. The van der Waals surface area contributed by atoms with E-state index in [-0.39, 0.29) is 0 Å². The molecule has 0 unspecified atom stereocenters. The van der Waals surface area contributed by atoms with E-state index >= 15 is 0 Å². The van der Waals surface area contributed by atoms with Crippen molar-refractivity contribution in [1.29, 1.82) is 0 Å². The Balaban J connectivity index is 1.88. The standard InChI is InChI=1S/C19H20N4O/c1-4-16-18(9-8-14(3)22-16)24-13-15-7-6-11-20-19(15)17-10-12-21-23(17)5-2/h4,6-12H,1,5,13H2,2-3H3. The predicted octanol–water partition coefficient (Wildman–Crippen LogP) is 3.89. The molecule has 0 bridgehead atoms. The summed E-state index contributed by atoms with van der Waals surface area (Å²) < 4.78 is 7.90. The molecule has 0 atom stereocenters. The highest BCUT2D eigenvalue weighted by atomic mass is 16.5. The normalized spacial score (nSPS) is 10.6. The van der Waals surface area contributed by atoms with Crippen LogP contribution in [0.4, 0.5) is 0 Å². The van der Waals surface area contributed by atoms with Gasteiger partial charge in [0.15, 0.2) is 0 Å². The molecule has 0 aliphatic rings. The Labute approximate surface area is 141 Å². The molecule has 0 saturated heterocycles. The van der Waals surface area contributed by atoms with Crippen LogP contribution in [-0.2, 0) is 13.2 Å². The summed E-state index contributed by atoms with van der Waals surface area (Å²) >= 11 is 0. The van der Waals surface area contributed by atoms with E-state index in [9.17, 15) is 0 Å². The average Bonchev–Trinajstić information content (AvgIpc) is 3.09. The molecule has 0 fully saturated rings. The van der Waals surface area contributed by atoms with Crippen molar-refractivity contribution in [3.8, 4) is 17.1 Å². The number of ether oxygens (including phenoxy) is 1. The van der Waals surface area contributed by atoms with E-state index in [4.69, 9.17) is 4.74 Å². The maximum atomic E-state index is 5.98. The summed E-state index contributed by atoms with van der Waals surface area (Å²) in [4.78, 5) is 8.95. The molecule has 5 nitrogen and oxygen atoms in total. The Bertz CT molecular complexity index is 854. The lowest BCUT2D eigenvalue weighted by Crippen LogP contribution is -2.05. The van der Waals surface area contributed by atoms with Crippen molar-refractivity contribution in [2.75, 3.05) is 0 Å². The lowest BCUT2D eigenvalue weighted by atomic mass is 10.1. The van der Waals surface area contributed by atoms with Crippen molar-refractivity contribution < 1.29 is 4.74 Å². The lowest BCUT2D eigenvalue weighted by molar-refractivity contribution is 0.304. The average molecular weight is 320 g/mol. The molecule has 0 N–H and O–H groups in total. The number of aromatic nitrogens is 4. The second-order valence-electron chi connectivity index (χ2n) is 5.37. The zero-order valence-corrected chi connectivity index (χ0v) is 13.9. The van der Waals surface area contributed by atoms with Crippen LogP contribution in [0.15, 0.2) is 49.3 Å². The fraction of sp³-hybridized carbons (Fsp3) is 0.211. The van der Waals surface area contributed by atoms with Gasteiger partial charge in [0.05, 0.1) is 11.4 Å². The summed E-state index contributed by atoms with van der Waals surface area (Å²) in [6.45, 7) is 9.01. The fourth-order valence-corrected chi connectivity index (χ4v) is 2.56. The molecular weight excluding hydrogens is 300 g/mol. The van der Waals surface area contributed by atoms with Gasteiger partial charge in [0.2, 0.25) is 0 Å². The largest absolute Gasteiger partial charge is 0.487 e. The van der Waals surface area contributed by atoms with Crippen molar-refractivity contribution in [3.63, 3.8) is 0 Å². The van der Waals surface area contributed by atoms with Gasteiger partial charge in [-0.05, 0) is 44.2 Å². The summed E-state index contributed by atoms with van der Waals surface area (Å²) in [7, 11) is 0. The molecule has 0 radical (unpaired) electrons. The van der Waals surface area contributed by atoms with Crippen LogP contribution in [-0.4, -0.2) is 19.7 Å². The number of nitrogens with zero attached hydrogens (tertiary/aromatic N) is 4. The number of hydrogen-bond acceptors (Lipinski definition) is 4. The van der Waals surface area contributed by atoms with Gasteiger partial charge in [-0.2, -0.15) is 5.10 Å². The third kappa shape index (κ3) is 3.20. The maximum Gasteiger partial charge on any atom is 0.145 e. The molecule has 0 aliphatic heterocycles. The van der Waals surface area contributed by atoms with Gasteiger partial charge in [-0.25, -0.2) is 4.98 Å². The molecule has 3 heterocycles. The van der Waals surface area contributed by atoms with Gasteiger partial charge in [0.25, 0.3) is 0 Å². The quantitative estimate of drug-likeness (QED) is 0.691. The molecule has 0 spiro atoms. The summed E-state index contributed by atoms with van der Waals surface area (Å²) in [5.74, 6) is 0.717. The second kappa shape index (κ2) is 7.08. The third-order valence-corrected chi connectivity index (χ3v) is 3.75. The summed E-state index contributed by atoms with van der Waals surface area (Å²) in [5.41, 5.74) is 4.56. The molecule has 122 valence electrons. The van der Waals surface area contributed by atoms with Crippen LogP contribution in [0.1, 0.15) is 23.9 Å². The van der Waals surface area contributed by atoms with Crippen LogP contribution in [0.2, 0.25) is 0 Å². The lowest BCUT2D eigenvalue weighted by Gasteiger charge is -2.12. The van der Waals surface area contributed by atoms with Gasteiger partial charge >= 0.3 is 0 Å². The predicted molar refractivity (Wildman–Crippen MR) is 94.5 cm³/mol. The molecule has 3 aromatic heterocycles. The topological polar surface area (TPSA) is 52.8 Å². The van der Waals surface area contributed by atoms with E-state index in [1.54, 1.807) is 18.5 Å². The highest BCUT2D eigenvalue weighted by Gasteiger charge is 2.12. The van der Waals surface area contributed by atoms with Crippen molar-refractivity contribution in [3.05, 3.63) is 66.3 Å². The van der Waals surface area contributed by atoms with Crippen molar-refractivity contribution >= 4 is 6.08 Å². The van der Waals surface area contributed by atoms with Gasteiger partial charge in [0, 0.05) is 30.2 Å². The molecule has 0 amide bonds. The van der Waals surface area contributed by atoms with Crippen LogP contribution >= 0.6 is 0 Å². The Morgan fingerprint density at radius 3 is 2.88 bits per heavy atom. The minimum atomic E-state index is 0.406. The van der Waals surface area contributed by atoms with E-state index in [2.05, 4.69) is 28.6 Å². The van der Waals surface area contributed by atoms with Gasteiger partial charge in [-0.15, -0.1) is 0 Å². The van der Waals surface area contributed by atoms with E-state index in [0.717, 1.165) is 40.6 Å². The van der Waals surface area contributed by atoms with Crippen LogP contribution in [0.5, 0.6) is 5.75 Å². The number of pyridine rings is 2. The van der Waals surface area contributed by atoms with Crippen molar-refractivity contribution in [2.24, 2.45) is 0 Å². The van der Waals surface area contributed by atoms with Gasteiger partial charge in [-0.3, -0.25) is 9.67 Å². The van der Waals surface area contributed by atoms with Crippen molar-refractivity contribution in [1.82, 2.24) is 19.7 Å². The monoisotopic (exact) mass is 320 g/mol. The summed E-state index contributed by atoms with van der Waals surface area (Å²) in [5, 5.41) is 4.32. The zero-order chi connectivity index (χ0) is 16.9. The van der Waals surface area contributed by atoms with Crippen molar-refractivity contribution in [2.45, 2.75) is 27.0 Å². The first-order valence-electron chi connectivity index (χ1n) is 7.92. The minimum Gasteiger partial charge on any atom is -0.487 e. The first kappa shape index (κ1) is 15.9. The van der Waals surface area contributed by atoms with Gasteiger partial charge in [0.1, 0.15) is 18.1 Å². The molecular formula is C19H20N4O. The Hall–Kier alpha value is -2.95. The maximum absolute atomic E-state index is 5.98. The van der Waals surface area contributed by atoms with E-state index in [0.29, 0.717) is 6.61 Å². The van der Waals surface area contributed by atoms with Crippen LogP contribution in [0, 0.1) is 6.92 Å². The molecule has 0 aromatic carbocycles. The highest BCUT2D eigenvalue weighted by Crippen LogP contribution is 2.24. The minimum absolute atomic E-state index is 0.406. The Kier molecular flexibility index (Phi) is 4.70. The van der Waals surface area contributed by atoms with Crippen LogP contribution < -0.4 is 4.74 Å². The second-order valence-corrected chi connectivity index (χ2v) is 5.37. The molecule has 5 heteroatoms. The first-order chi connectivity index (χ1) is 11.7. The first-order valence-corrected chi connectivity index (χ1v) is 7.92. The molecule has 0 saturated carbocycles. The summed E-state index contributed by atoms with van der Waals surface area (Å²) in [6.07, 6.45) is 5.28. The van der Waals surface area contributed by atoms with E-state index in [1.165, 1.54) is 0 Å². The number of aryl methyl sites for hydroxylation is 2. The SMILES string of the molecule is C=Cc1nc(C)ccc1OCc1cccnc1-c1ccnn1CC. The highest BCUT2D eigenvalue weighted by molar-refractivity contribution is 5.59. The van der Waals surface area contributed by atoms with Gasteiger partial charge in [-0.1, -0.05) is 12.6 Å². The Morgan fingerprint density at radius 2 is 2.08 bits per heavy atom. The van der Waals surface area contributed by atoms with Crippen LogP contribution in [0.3, 0.4) is 0 Å². The van der Waals surface area contributed by atoms with Gasteiger partial charge < -0.3 is 4.74 Å². The molecule has 3 aromatic rings. The fourth-order valence-electron chi connectivity index (χ4n) is 2.56. The number of rotatable bonds is 6. The van der Waals surface area contributed by atoms with E-state index in [1.807, 2.05) is 41.9 Å². The van der Waals surface area contributed by atoms with E-state index < -0.39 is 0 Å². The molecule has 3 rings (SSSR count). The Morgan fingerprint density at radius 1 is 1.21 bits per heavy atom. The zero-order valence-electron chi connectivity index (χ0n) is 13.9. The smallest absolute Gasteiger partial charge is 0.145 e.